The summed E-state index contributed by atoms with van der Waals surface area (Å²) in [6, 6.07) is 5.91. The van der Waals surface area contributed by atoms with Crippen LogP contribution in [0.4, 0.5) is 0 Å². The van der Waals surface area contributed by atoms with Crippen molar-refractivity contribution in [2.75, 3.05) is 0 Å². The Kier molecular flexibility index (Phi) is 2.30. The topological polar surface area (TPSA) is 0 Å². The first kappa shape index (κ1) is 7.29. The Morgan fingerprint density at radius 2 is 1.44 bits per heavy atom. The fraction of sp³-hybridized carbons (Fsp3) is 0. The lowest BCUT2D eigenvalue weighted by molar-refractivity contribution is 1.53. The Morgan fingerprint density at radius 1 is 1.00 bits per heavy atom. The van der Waals surface area contributed by atoms with Crippen molar-refractivity contribution in [1.29, 1.82) is 0 Å². The molecule has 0 N–H and O–H groups in total. The summed E-state index contributed by atoms with van der Waals surface area (Å²) >= 11 is 6.69. The van der Waals surface area contributed by atoms with Gasteiger partial charge in [0.2, 0.25) is 0 Å². The van der Waals surface area contributed by atoms with Crippen LogP contribution in [0.25, 0.3) is 0 Å². The smallest absolute Gasteiger partial charge is 0.0189 e. The number of benzene rings is 1. The first-order valence-electron chi connectivity index (χ1n) is 2.46. The van der Waals surface area contributed by atoms with Crippen LogP contribution in [0.15, 0.2) is 27.1 Å². The molecule has 0 fully saturated rings. The van der Waals surface area contributed by atoms with E-state index in [-0.39, 0.29) is 0 Å². The van der Waals surface area contributed by atoms with Crippen LogP contribution in [0, 0.1) is 6.92 Å². The van der Waals surface area contributed by atoms with E-state index in [1.807, 2.05) is 18.2 Å². The van der Waals surface area contributed by atoms with Crippen molar-refractivity contribution in [1.82, 2.24) is 0 Å². The van der Waals surface area contributed by atoms with Crippen molar-refractivity contribution in [3.05, 3.63) is 39.6 Å². The second kappa shape index (κ2) is 2.84. The van der Waals surface area contributed by atoms with E-state index in [1.165, 1.54) is 0 Å². The van der Waals surface area contributed by atoms with Crippen LogP contribution in [-0.4, -0.2) is 0 Å². The summed E-state index contributed by atoms with van der Waals surface area (Å²) in [5.74, 6) is 0. The quantitative estimate of drug-likeness (QED) is 0.660. The molecular formula is C7H5Br2. The van der Waals surface area contributed by atoms with Crippen LogP contribution in [-0.2, 0) is 0 Å². The molecule has 0 heterocycles. The minimum atomic E-state index is 1.01. The molecule has 0 saturated carbocycles. The maximum absolute atomic E-state index is 3.78. The van der Waals surface area contributed by atoms with Crippen molar-refractivity contribution in [3.8, 4) is 0 Å². The van der Waals surface area contributed by atoms with Gasteiger partial charge in [0.05, 0.1) is 0 Å². The molecule has 9 heavy (non-hydrogen) atoms. The maximum Gasteiger partial charge on any atom is 0.0189 e. The summed E-state index contributed by atoms with van der Waals surface area (Å²) in [6.07, 6.45) is 0. The van der Waals surface area contributed by atoms with Gasteiger partial charge in [0, 0.05) is 8.95 Å². The molecule has 1 radical (unpaired) electrons. The monoisotopic (exact) mass is 247 g/mol. The van der Waals surface area contributed by atoms with Gasteiger partial charge in [-0.15, -0.1) is 0 Å². The highest BCUT2D eigenvalue weighted by Crippen LogP contribution is 2.18. The Morgan fingerprint density at radius 3 is 1.78 bits per heavy atom. The molecule has 0 nitrogen and oxygen atoms in total. The zero-order chi connectivity index (χ0) is 6.85. The minimum Gasteiger partial charge on any atom is -0.0508 e. The number of hydrogen-bond acceptors (Lipinski definition) is 0. The Bertz CT molecular complexity index is 168. The average molecular weight is 249 g/mol. The second-order valence-corrected chi connectivity index (χ2v) is 3.61. The highest BCUT2D eigenvalue weighted by Gasteiger charge is 1.90. The van der Waals surface area contributed by atoms with Crippen molar-refractivity contribution in [2.24, 2.45) is 0 Å². The van der Waals surface area contributed by atoms with Gasteiger partial charge in [0.1, 0.15) is 0 Å². The Balaban J connectivity index is 3.17. The normalized spacial score (nSPS) is 9.67. The lowest BCUT2D eigenvalue weighted by Crippen LogP contribution is -1.71. The van der Waals surface area contributed by atoms with Crippen LogP contribution in [0.5, 0.6) is 0 Å². The van der Waals surface area contributed by atoms with Gasteiger partial charge < -0.3 is 0 Å². The van der Waals surface area contributed by atoms with Crippen LogP contribution >= 0.6 is 31.9 Å². The molecule has 1 aromatic carbocycles. The molecule has 2 heteroatoms. The van der Waals surface area contributed by atoms with Crippen molar-refractivity contribution >= 4 is 31.9 Å². The van der Waals surface area contributed by atoms with Crippen LogP contribution in [0.2, 0.25) is 0 Å². The van der Waals surface area contributed by atoms with Gasteiger partial charge in [-0.3, -0.25) is 0 Å². The lowest BCUT2D eigenvalue weighted by Gasteiger charge is -1.94. The van der Waals surface area contributed by atoms with E-state index in [2.05, 4.69) is 38.8 Å². The second-order valence-electron chi connectivity index (χ2n) is 1.78. The Labute approximate surface area is 71.5 Å². The van der Waals surface area contributed by atoms with E-state index in [4.69, 9.17) is 0 Å². The number of hydrogen-bond donors (Lipinski definition) is 0. The molecule has 0 amide bonds. The summed E-state index contributed by atoms with van der Waals surface area (Å²) in [4.78, 5) is 0. The van der Waals surface area contributed by atoms with Gasteiger partial charge in [0.15, 0.2) is 0 Å². The standard InChI is InChI=1S/C7H5Br2/c1-5-2-6(8)4-7(9)3-5/h2-4H,1H2. The molecule has 0 aliphatic carbocycles. The average Bonchev–Trinajstić information content (AvgIpc) is 1.59. The molecule has 0 atom stereocenters. The number of rotatable bonds is 0. The van der Waals surface area contributed by atoms with Gasteiger partial charge in [0.25, 0.3) is 0 Å². The van der Waals surface area contributed by atoms with Gasteiger partial charge >= 0.3 is 0 Å². The maximum atomic E-state index is 3.78. The first-order chi connectivity index (χ1) is 4.18. The van der Waals surface area contributed by atoms with E-state index >= 15 is 0 Å². The molecule has 0 bridgehead atoms. The van der Waals surface area contributed by atoms with Crippen LogP contribution < -0.4 is 0 Å². The molecule has 0 spiro atoms. The van der Waals surface area contributed by atoms with E-state index < -0.39 is 0 Å². The first-order valence-corrected chi connectivity index (χ1v) is 4.05. The highest BCUT2D eigenvalue weighted by atomic mass is 79.9. The zero-order valence-corrected chi connectivity index (χ0v) is 7.87. The largest absolute Gasteiger partial charge is 0.0508 e. The Hall–Kier alpha value is 0.180. The summed E-state index contributed by atoms with van der Waals surface area (Å²) in [6.45, 7) is 3.78. The third kappa shape index (κ3) is 2.11. The molecule has 1 aromatic rings. The third-order valence-electron chi connectivity index (χ3n) is 0.922. The van der Waals surface area contributed by atoms with E-state index in [1.54, 1.807) is 0 Å². The van der Waals surface area contributed by atoms with Crippen molar-refractivity contribution < 1.29 is 0 Å². The SMILES string of the molecule is [CH2]c1cc(Br)cc(Br)c1. The molecule has 47 valence electrons. The van der Waals surface area contributed by atoms with Crippen molar-refractivity contribution in [3.63, 3.8) is 0 Å². The third-order valence-corrected chi connectivity index (χ3v) is 1.84. The minimum absolute atomic E-state index is 1.01. The molecule has 0 unspecified atom stereocenters. The summed E-state index contributed by atoms with van der Waals surface area (Å²) in [7, 11) is 0. The molecule has 0 aliphatic heterocycles. The summed E-state index contributed by atoms with van der Waals surface area (Å²) in [5, 5.41) is 0. The van der Waals surface area contributed by atoms with Gasteiger partial charge in [-0.1, -0.05) is 31.9 Å². The van der Waals surface area contributed by atoms with Crippen LogP contribution in [0.1, 0.15) is 5.56 Å². The summed E-state index contributed by atoms with van der Waals surface area (Å²) in [5.41, 5.74) is 1.01. The molecule has 0 saturated heterocycles. The predicted molar refractivity (Wildman–Crippen MR) is 46.3 cm³/mol. The van der Waals surface area contributed by atoms with E-state index in [0.717, 1.165) is 14.5 Å². The molecule has 1 rings (SSSR count). The summed E-state index contributed by atoms with van der Waals surface area (Å²) < 4.78 is 2.11. The van der Waals surface area contributed by atoms with Gasteiger partial charge in [-0.25, -0.2) is 0 Å². The zero-order valence-electron chi connectivity index (χ0n) is 4.70. The molecule has 0 aromatic heterocycles. The van der Waals surface area contributed by atoms with E-state index in [9.17, 15) is 0 Å². The lowest BCUT2D eigenvalue weighted by atomic mass is 10.2. The fourth-order valence-corrected chi connectivity index (χ4v) is 2.00. The van der Waals surface area contributed by atoms with Crippen LogP contribution in [0.3, 0.4) is 0 Å². The molecular weight excluding hydrogens is 244 g/mol. The highest BCUT2D eigenvalue weighted by molar-refractivity contribution is 9.11. The van der Waals surface area contributed by atoms with Gasteiger partial charge in [-0.2, -0.15) is 0 Å². The van der Waals surface area contributed by atoms with Gasteiger partial charge in [-0.05, 0) is 30.7 Å². The number of halogens is 2. The molecule has 0 aliphatic rings. The van der Waals surface area contributed by atoms with E-state index in [0.29, 0.717) is 0 Å². The predicted octanol–water partition coefficient (Wildman–Crippen LogP) is 3.39. The van der Waals surface area contributed by atoms with Crippen molar-refractivity contribution in [2.45, 2.75) is 0 Å². The fourth-order valence-electron chi connectivity index (χ4n) is 0.611.